The summed E-state index contributed by atoms with van der Waals surface area (Å²) in [7, 11) is 0. The van der Waals surface area contributed by atoms with Crippen LogP contribution in [0.1, 0.15) is 24.5 Å². The van der Waals surface area contributed by atoms with Gasteiger partial charge in [0.2, 0.25) is 0 Å². The van der Waals surface area contributed by atoms with Crippen molar-refractivity contribution in [3.05, 3.63) is 23.3 Å². The fourth-order valence-electron chi connectivity index (χ4n) is 1.90. The number of aryl methyl sites for hydroxylation is 2. The first-order valence-electron chi connectivity index (χ1n) is 6.32. The van der Waals surface area contributed by atoms with Crippen LogP contribution in [0.2, 0.25) is 0 Å². The van der Waals surface area contributed by atoms with E-state index < -0.39 is 0 Å². The molecule has 2 rings (SSSR count). The quantitative estimate of drug-likeness (QED) is 0.813. The van der Waals surface area contributed by atoms with Gasteiger partial charge in [-0.3, -0.25) is 0 Å². The maximum atomic E-state index is 5.93. The van der Waals surface area contributed by atoms with Gasteiger partial charge < -0.3 is 14.8 Å². The molecule has 94 valence electrons. The van der Waals surface area contributed by atoms with Crippen molar-refractivity contribution in [1.29, 1.82) is 0 Å². The molecule has 1 aromatic carbocycles. The highest BCUT2D eigenvalue weighted by Crippen LogP contribution is 2.34. The Labute approximate surface area is 103 Å². The first kappa shape index (κ1) is 12.2. The van der Waals surface area contributed by atoms with E-state index in [1.165, 1.54) is 11.1 Å². The molecule has 0 saturated heterocycles. The van der Waals surface area contributed by atoms with Crippen LogP contribution in [-0.4, -0.2) is 25.8 Å². The van der Waals surface area contributed by atoms with E-state index in [1.54, 1.807) is 0 Å². The summed E-state index contributed by atoms with van der Waals surface area (Å²) in [5.74, 6) is 1.75. The fraction of sp³-hybridized carbons (Fsp3) is 0.571. The summed E-state index contributed by atoms with van der Waals surface area (Å²) in [5, 5.41) is 3.36. The Balaban J connectivity index is 2.00. The zero-order valence-corrected chi connectivity index (χ0v) is 10.9. The van der Waals surface area contributed by atoms with E-state index in [0.29, 0.717) is 6.61 Å². The molecule has 0 aromatic heterocycles. The molecule has 3 nitrogen and oxygen atoms in total. The summed E-state index contributed by atoms with van der Waals surface area (Å²) in [6.45, 7) is 8.85. The van der Waals surface area contributed by atoms with Crippen LogP contribution in [0, 0.1) is 13.8 Å². The van der Waals surface area contributed by atoms with Crippen LogP contribution in [0.5, 0.6) is 11.5 Å². The maximum Gasteiger partial charge on any atom is 0.162 e. The Hall–Kier alpha value is -1.22. The number of hydrogen-bond acceptors (Lipinski definition) is 3. The van der Waals surface area contributed by atoms with Gasteiger partial charge in [0, 0.05) is 6.54 Å². The van der Waals surface area contributed by atoms with Gasteiger partial charge in [0.25, 0.3) is 0 Å². The number of ether oxygens (including phenoxy) is 2. The molecule has 0 spiro atoms. The summed E-state index contributed by atoms with van der Waals surface area (Å²) in [6.07, 6.45) is 1.26. The van der Waals surface area contributed by atoms with Crippen LogP contribution in [0.3, 0.4) is 0 Å². The first-order valence-corrected chi connectivity index (χ1v) is 6.32. The average Bonchev–Trinajstić information content (AvgIpc) is 2.31. The molecule has 0 aliphatic carbocycles. The van der Waals surface area contributed by atoms with E-state index in [4.69, 9.17) is 9.47 Å². The van der Waals surface area contributed by atoms with Gasteiger partial charge in [0.1, 0.15) is 12.7 Å². The van der Waals surface area contributed by atoms with Gasteiger partial charge in [-0.25, -0.2) is 0 Å². The third-order valence-electron chi connectivity index (χ3n) is 3.08. The Kier molecular flexibility index (Phi) is 3.89. The topological polar surface area (TPSA) is 30.5 Å². The highest BCUT2D eigenvalue weighted by Gasteiger charge is 2.21. The number of benzene rings is 1. The second-order valence-electron chi connectivity index (χ2n) is 4.64. The molecule has 1 aliphatic rings. The first-order chi connectivity index (χ1) is 8.20. The molecule has 0 amide bonds. The number of hydrogen-bond donors (Lipinski definition) is 1. The van der Waals surface area contributed by atoms with Crippen molar-refractivity contribution < 1.29 is 9.47 Å². The standard InChI is InChI=1S/C14H21NO2/c1-4-5-15-8-12-9-16-13-6-10(2)11(3)7-14(13)17-12/h6-7,12,15H,4-5,8-9H2,1-3H3. The van der Waals surface area contributed by atoms with E-state index in [2.05, 4.69) is 38.2 Å². The van der Waals surface area contributed by atoms with Gasteiger partial charge in [-0.2, -0.15) is 0 Å². The summed E-state index contributed by atoms with van der Waals surface area (Å²) in [4.78, 5) is 0. The molecule has 0 bridgehead atoms. The van der Waals surface area contributed by atoms with E-state index >= 15 is 0 Å². The normalized spacial score (nSPS) is 18.2. The molecule has 1 N–H and O–H groups in total. The van der Waals surface area contributed by atoms with E-state index in [0.717, 1.165) is 31.0 Å². The second kappa shape index (κ2) is 5.41. The minimum absolute atomic E-state index is 0.121. The lowest BCUT2D eigenvalue weighted by molar-refractivity contribution is 0.0904. The molecule has 1 aliphatic heterocycles. The number of fused-ring (bicyclic) bond motifs is 1. The van der Waals surface area contributed by atoms with Gasteiger partial charge >= 0.3 is 0 Å². The predicted molar refractivity (Wildman–Crippen MR) is 69.0 cm³/mol. The smallest absolute Gasteiger partial charge is 0.162 e. The largest absolute Gasteiger partial charge is 0.486 e. The van der Waals surface area contributed by atoms with Crippen LogP contribution >= 0.6 is 0 Å². The second-order valence-corrected chi connectivity index (χ2v) is 4.64. The molecule has 17 heavy (non-hydrogen) atoms. The van der Waals surface area contributed by atoms with Crippen LogP contribution in [0.4, 0.5) is 0 Å². The Morgan fingerprint density at radius 2 is 1.94 bits per heavy atom. The highest BCUT2D eigenvalue weighted by molar-refractivity contribution is 5.47. The van der Waals surface area contributed by atoms with E-state index in [9.17, 15) is 0 Å². The third-order valence-corrected chi connectivity index (χ3v) is 3.08. The summed E-state index contributed by atoms with van der Waals surface area (Å²) >= 11 is 0. The van der Waals surface area contributed by atoms with Crippen molar-refractivity contribution in [2.45, 2.75) is 33.3 Å². The lowest BCUT2D eigenvalue weighted by Gasteiger charge is -2.27. The zero-order chi connectivity index (χ0) is 12.3. The van der Waals surface area contributed by atoms with Gasteiger partial charge in [-0.05, 0) is 50.1 Å². The molecular formula is C14H21NO2. The van der Waals surface area contributed by atoms with E-state index in [-0.39, 0.29) is 6.10 Å². The van der Waals surface area contributed by atoms with Crippen LogP contribution < -0.4 is 14.8 Å². The molecule has 1 unspecified atom stereocenters. The lowest BCUT2D eigenvalue weighted by Crippen LogP contribution is -2.38. The molecule has 1 heterocycles. The van der Waals surface area contributed by atoms with Crippen molar-refractivity contribution in [3.8, 4) is 11.5 Å². The monoisotopic (exact) mass is 235 g/mol. The minimum atomic E-state index is 0.121. The third kappa shape index (κ3) is 2.91. The Bertz CT molecular complexity index is 390. The van der Waals surface area contributed by atoms with Crippen molar-refractivity contribution in [2.24, 2.45) is 0 Å². The molecule has 3 heteroatoms. The average molecular weight is 235 g/mol. The van der Waals surface area contributed by atoms with Gasteiger partial charge in [-0.1, -0.05) is 6.92 Å². The molecule has 1 aromatic rings. The summed E-state index contributed by atoms with van der Waals surface area (Å²) in [5.41, 5.74) is 2.49. The van der Waals surface area contributed by atoms with Crippen LogP contribution in [0.15, 0.2) is 12.1 Å². The highest BCUT2D eigenvalue weighted by atomic mass is 16.6. The molecule has 0 fully saturated rings. The molecule has 1 atom stereocenters. The maximum absolute atomic E-state index is 5.93. The zero-order valence-electron chi connectivity index (χ0n) is 10.9. The van der Waals surface area contributed by atoms with Gasteiger partial charge in [-0.15, -0.1) is 0 Å². The van der Waals surface area contributed by atoms with Crippen molar-refractivity contribution in [3.63, 3.8) is 0 Å². The number of nitrogens with one attached hydrogen (secondary N) is 1. The van der Waals surface area contributed by atoms with E-state index in [1.807, 2.05) is 0 Å². The molecular weight excluding hydrogens is 214 g/mol. The fourth-order valence-corrected chi connectivity index (χ4v) is 1.90. The molecule has 0 radical (unpaired) electrons. The summed E-state index contributed by atoms with van der Waals surface area (Å²) in [6, 6.07) is 4.12. The van der Waals surface area contributed by atoms with Gasteiger partial charge in [0.05, 0.1) is 0 Å². The summed E-state index contributed by atoms with van der Waals surface area (Å²) < 4.78 is 11.7. The predicted octanol–water partition coefficient (Wildman–Crippen LogP) is 2.44. The van der Waals surface area contributed by atoms with Crippen molar-refractivity contribution in [1.82, 2.24) is 5.32 Å². The SMILES string of the molecule is CCCNCC1COc2cc(C)c(C)cc2O1. The molecule has 0 saturated carbocycles. The minimum Gasteiger partial charge on any atom is -0.486 e. The van der Waals surface area contributed by atoms with Crippen LogP contribution in [0.25, 0.3) is 0 Å². The van der Waals surface area contributed by atoms with Crippen molar-refractivity contribution >= 4 is 0 Å². The van der Waals surface area contributed by atoms with Crippen molar-refractivity contribution in [2.75, 3.05) is 19.7 Å². The van der Waals surface area contributed by atoms with Gasteiger partial charge in [0.15, 0.2) is 11.5 Å². The Morgan fingerprint density at radius 1 is 1.24 bits per heavy atom. The Morgan fingerprint density at radius 3 is 2.65 bits per heavy atom. The number of rotatable bonds is 4. The van der Waals surface area contributed by atoms with Crippen LogP contribution in [-0.2, 0) is 0 Å². The lowest BCUT2D eigenvalue weighted by atomic mass is 10.1.